The highest BCUT2D eigenvalue weighted by Crippen LogP contribution is 2.37. The van der Waals surface area contributed by atoms with E-state index >= 15 is 0 Å². The Morgan fingerprint density at radius 1 is 1.20 bits per heavy atom. The van der Waals surface area contributed by atoms with Gasteiger partial charge >= 0.3 is 6.09 Å². The number of hydrogen-bond acceptors (Lipinski definition) is 4. The van der Waals surface area contributed by atoms with Crippen LogP contribution in [0.5, 0.6) is 5.75 Å². The van der Waals surface area contributed by atoms with E-state index in [1.54, 1.807) is 12.1 Å². The van der Waals surface area contributed by atoms with Gasteiger partial charge in [-0.25, -0.2) is 9.18 Å². The second-order valence-corrected chi connectivity index (χ2v) is 6.97. The van der Waals surface area contributed by atoms with Crippen LogP contribution in [-0.4, -0.2) is 42.8 Å². The summed E-state index contributed by atoms with van der Waals surface area (Å²) < 4.78 is 23.9. The molecule has 1 aromatic carbocycles. The smallest absolute Gasteiger partial charge is 0.404 e. The first-order valence-electron chi connectivity index (χ1n) is 9.22. The first kappa shape index (κ1) is 18.0. The van der Waals surface area contributed by atoms with Crippen LogP contribution in [0.15, 0.2) is 24.3 Å². The number of carbonyl (C=O) groups is 1. The van der Waals surface area contributed by atoms with Gasteiger partial charge in [-0.2, -0.15) is 0 Å². The lowest BCUT2D eigenvalue weighted by Gasteiger charge is -2.47. The molecule has 1 aromatic rings. The monoisotopic (exact) mass is 350 g/mol. The molecule has 5 nitrogen and oxygen atoms in total. The van der Waals surface area contributed by atoms with Gasteiger partial charge in [-0.3, -0.25) is 4.90 Å². The Morgan fingerprint density at radius 3 is 2.72 bits per heavy atom. The minimum absolute atomic E-state index is 0.0329. The molecule has 0 radical (unpaired) electrons. The number of halogens is 1. The van der Waals surface area contributed by atoms with Crippen molar-refractivity contribution in [2.45, 2.75) is 50.7 Å². The number of carbonyl (C=O) groups excluding carboxylic acids is 1. The molecule has 6 heteroatoms. The van der Waals surface area contributed by atoms with E-state index in [-0.39, 0.29) is 11.9 Å². The third kappa shape index (κ3) is 4.84. The van der Waals surface area contributed by atoms with E-state index < -0.39 is 6.09 Å². The summed E-state index contributed by atoms with van der Waals surface area (Å²) in [6.45, 7) is 2.50. The zero-order valence-corrected chi connectivity index (χ0v) is 14.5. The minimum atomic E-state index is -0.657. The van der Waals surface area contributed by atoms with E-state index in [0.717, 1.165) is 38.8 Å². The van der Waals surface area contributed by atoms with Gasteiger partial charge in [0.2, 0.25) is 0 Å². The number of fused-ring (bicyclic) bond motifs is 1. The number of ether oxygens (including phenoxy) is 2. The van der Waals surface area contributed by atoms with Gasteiger partial charge in [0.1, 0.15) is 17.7 Å². The maximum absolute atomic E-state index is 12.9. The van der Waals surface area contributed by atoms with Crippen molar-refractivity contribution in [3.63, 3.8) is 0 Å². The molecule has 2 fully saturated rings. The number of benzene rings is 1. The standard InChI is InChI=1S/C19H27FN2O3/c20-14-6-8-15(9-7-14)24-13-3-11-22-12-10-18(25-19(21)23)16-4-1-2-5-17(16)22/h6-9,16-18H,1-5,10-13H2,(H2,21,23)/t16-,17?,18+/m1/s1. The van der Waals surface area contributed by atoms with E-state index in [1.807, 2.05) is 0 Å². The predicted octanol–water partition coefficient (Wildman–Crippen LogP) is 3.32. The molecular weight excluding hydrogens is 323 g/mol. The number of primary amides is 1. The van der Waals surface area contributed by atoms with E-state index in [0.29, 0.717) is 24.3 Å². The van der Waals surface area contributed by atoms with Crippen molar-refractivity contribution >= 4 is 6.09 Å². The zero-order chi connectivity index (χ0) is 17.6. The number of hydrogen-bond donors (Lipinski definition) is 1. The summed E-state index contributed by atoms with van der Waals surface area (Å²) in [5, 5.41) is 0. The molecule has 1 saturated heterocycles. The van der Waals surface area contributed by atoms with Crippen LogP contribution in [-0.2, 0) is 4.74 Å². The van der Waals surface area contributed by atoms with Crippen molar-refractivity contribution in [3.05, 3.63) is 30.1 Å². The first-order valence-corrected chi connectivity index (χ1v) is 9.22. The highest BCUT2D eigenvalue weighted by atomic mass is 19.1. The Labute approximate surface area is 148 Å². The van der Waals surface area contributed by atoms with Crippen LogP contribution >= 0.6 is 0 Å². The van der Waals surface area contributed by atoms with Crippen LogP contribution in [0.4, 0.5) is 9.18 Å². The number of likely N-dealkylation sites (tertiary alicyclic amines) is 1. The van der Waals surface area contributed by atoms with Crippen molar-refractivity contribution in [1.82, 2.24) is 4.90 Å². The summed E-state index contributed by atoms with van der Waals surface area (Å²) in [7, 11) is 0. The molecule has 1 heterocycles. The van der Waals surface area contributed by atoms with Crippen molar-refractivity contribution in [3.8, 4) is 5.75 Å². The fourth-order valence-electron chi connectivity index (χ4n) is 4.26. The maximum atomic E-state index is 12.9. The van der Waals surface area contributed by atoms with Gasteiger partial charge in [-0.05, 0) is 49.9 Å². The van der Waals surface area contributed by atoms with Crippen LogP contribution in [0.2, 0.25) is 0 Å². The average molecular weight is 350 g/mol. The number of nitrogens with zero attached hydrogens (tertiary/aromatic N) is 1. The van der Waals surface area contributed by atoms with Crippen LogP contribution in [0.25, 0.3) is 0 Å². The molecular formula is C19H27FN2O3. The molecule has 1 aliphatic heterocycles. The van der Waals surface area contributed by atoms with Gasteiger partial charge in [-0.15, -0.1) is 0 Å². The second-order valence-electron chi connectivity index (χ2n) is 6.97. The van der Waals surface area contributed by atoms with Gasteiger partial charge in [0, 0.05) is 25.0 Å². The minimum Gasteiger partial charge on any atom is -0.494 e. The lowest BCUT2D eigenvalue weighted by atomic mass is 9.76. The van der Waals surface area contributed by atoms with Crippen LogP contribution < -0.4 is 10.5 Å². The molecule has 25 heavy (non-hydrogen) atoms. The number of piperidine rings is 1. The SMILES string of the molecule is NC(=O)O[C@H]1CCN(CCCOc2ccc(F)cc2)C2CCCC[C@H]21. The molecule has 3 rings (SSSR count). The number of amides is 1. The van der Waals surface area contributed by atoms with E-state index in [2.05, 4.69) is 4.90 Å². The molecule has 1 aliphatic carbocycles. The van der Waals surface area contributed by atoms with Crippen LogP contribution in [0, 0.1) is 11.7 Å². The van der Waals surface area contributed by atoms with Crippen molar-refractivity contribution in [1.29, 1.82) is 0 Å². The summed E-state index contributed by atoms with van der Waals surface area (Å²) in [5.74, 6) is 0.843. The Bertz CT molecular complexity index is 566. The third-order valence-electron chi connectivity index (χ3n) is 5.37. The second kappa shape index (κ2) is 8.52. The Balaban J connectivity index is 1.47. The number of nitrogens with two attached hydrogens (primary N) is 1. The fourth-order valence-corrected chi connectivity index (χ4v) is 4.26. The molecule has 1 amide bonds. The van der Waals surface area contributed by atoms with Gasteiger partial charge in [-0.1, -0.05) is 12.8 Å². The van der Waals surface area contributed by atoms with Crippen molar-refractivity contribution in [2.24, 2.45) is 11.7 Å². The normalized spacial score (nSPS) is 26.7. The van der Waals surface area contributed by atoms with Gasteiger partial charge in [0.05, 0.1) is 6.61 Å². The van der Waals surface area contributed by atoms with Gasteiger partial charge < -0.3 is 15.2 Å². The van der Waals surface area contributed by atoms with Crippen LogP contribution in [0.3, 0.4) is 0 Å². The summed E-state index contributed by atoms with van der Waals surface area (Å²) in [4.78, 5) is 13.6. The molecule has 0 bridgehead atoms. The predicted molar refractivity (Wildman–Crippen MR) is 92.9 cm³/mol. The highest BCUT2D eigenvalue weighted by Gasteiger charge is 2.40. The number of rotatable bonds is 6. The van der Waals surface area contributed by atoms with Crippen molar-refractivity contribution in [2.75, 3.05) is 19.7 Å². The quantitative estimate of drug-likeness (QED) is 0.800. The Morgan fingerprint density at radius 2 is 1.96 bits per heavy atom. The Hall–Kier alpha value is -1.82. The van der Waals surface area contributed by atoms with E-state index in [1.165, 1.54) is 25.0 Å². The molecule has 3 atom stereocenters. The maximum Gasteiger partial charge on any atom is 0.404 e. The van der Waals surface area contributed by atoms with Crippen molar-refractivity contribution < 1.29 is 18.7 Å². The molecule has 1 unspecified atom stereocenters. The lowest BCUT2D eigenvalue weighted by molar-refractivity contribution is -0.0423. The van der Waals surface area contributed by atoms with E-state index in [9.17, 15) is 9.18 Å². The summed E-state index contributed by atoms with van der Waals surface area (Å²) in [5.41, 5.74) is 5.23. The summed E-state index contributed by atoms with van der Waals surface area (Å²) in [6.07, 6.45) is 5.76. The summed E-state index contributed by atoms with van der Waals surface area (Å²) in [6, 6.07) is 6.59. The fraction of sp³-hybridized carbons (Fsp3) is 0.632. The molecule has 0 spiro atoms. The molecule has 1 saturated carbocycles. The topological polar surface area (TPSA) is 64.8 Å². The zero-order valence-electron chi connectivity index (χ0n) is 14.5. The highest BCUT2D eigenvalue weighted by molar-refractivity contribution is 5.64. The van der Waals surface area contributed by atoms with Crippen LogP contribution in [0.1, 0.15) is 38.5 Å². The van der Waals surface area contributed by atoms with Gasteiger partial charge in [0.15, 0.2) is 0 Å². The summed E-state index contributed by atoms with van der Waals surface area (Å²) >= 11 is 0. The Kier molecular flexibility index (Phi) is 6.13. The molecule has 2 aliphatic rings. The molecule has 138 valence electrons. The third-order valence-corrected chi connectivity index (χ3v) is 5.37. The average Bonchev–Trinajstić information content (AvgIpc) is 2.61. The lowest BCUT2D eigenvalue weighted by Crippen LogP contribution is -2.54. The first-order chi connectivity index (χ1) is 12.1. The largest absolute Gasteiger partial charge is 0.494 e. The molecule has 2 N–H and O–H groups in total. The molecule has 0 aromatic heterocycles. The van der Waals surface area contributed by atoms with Gasteiger partial charge in [0.25, 0.3) is 0 Å². The van der Waals surface area contributed by atoms with E-state index in [4.69, 9.17) is 15.2 Å².